The molecule has 7 heteroatoms. The van der Waals surface area contributed by atoms with Gasteiger partial charge in [-0.3, -0.25) is 4.79 Å². The van der Waals surface area contributed by atoms with Crippen LogP contribution in [0.15, 0.2) is 30.5 Å². The Balaban J connectivity index is 2.43. The minimum absolute atomic E-state index is 0.00315. The van der Waals surface area contributed by atoms with Gasteiger partial charge in [-0.2, -0.15) is 0 Å². The van der Waals surface area contributed by atoms with E-state index in [2.05, 4.69) is 4.98 Å². The summed E-state index contributed by atoms with van der Waals surface area (Å²) in [5.41, 5.74) is 0.00315. The summed E-state index contributed by atoms with van der Waals surface area (Å²) in [5, 5.41) is 20.0. The summed E-state index contributed by atoms with van der Waals surface area (Å²) in [6.45, 7) is 3.69. The molecule has 0 aliphatic rings. The fourth-order valence-electron chi connectivity index (χ4n) is 2.33. The lowest BCUT2D eigenvalue weighted by molar-refractivity contribution is -0.141. The van der Waals surface area contributed by atoms with Gasteiger partial charge in [0.05, 0.1) is 6.20 Å². The zero-order valence-electron chi connectivity index (χ0n) is 12.7. The van der Waals surface area contributed by atoms with E-state index in [4.69, 9.17) is 11.8 Å². The number of aliphatic carboxylic acids is 1. The molecule has 0 fully saturated rings. The minimum atomic E-state index is -1.18. The van der Waals surface area contributed by atoms with Crippen molar-refractivity contribution in [2.75, 3.05) is 0 Å². The molecule has 1 aromatic carbocycles. The summed E-state index contributed by atoms with van der Waals surface area (Å²) in [6, 6.07) is 5.52. The highest BCUT2D eigenvalue weighted by atomic mass is 35.5. The first-order valence-electron chi connectivity index (χ1n) is 7.11. The van der Waals surface area contributed by atoms with Crippen LogP contribution < -0.4 is 0 Å². The monoisotopic (exact) mass is 336 g/mol. The molecule has 1 heterocycles. The number of aromatic nitrogens is 1. The highest BCUT2D eigenvalue weighted by Gasteiger charge is 2.31. The number of aromatic hydroxyl groups is 1. The van der Waals surface area contributed by atoms with Gasteiger partial charge in [-0.1, -0.05) is 38.1 Å². The Morgan fingerprint density at radius 2 is 1.87 bits per heavy atom. The molecule has 2 rings (SSSR count). The van der Waals surface area contributed by atoms with E-state index < -0.39 is 17.9 Å². The second-order valence-electron chi connectivity index (χ2n) is 5.64. The molecular weight excluding hydrogens is 320 g/mol. The van der Waals surface area contributed by atoms with Crippen LogP contribution in [0.25, 0.3) is 10.8 Å². The second-order valence-corrected chi connectivity index (χ2v) is 6.00. The predicted molar refractivity (Wildman–Crippen MR) is 86.3 cm³/mol. The summed E-state index contributed by atoms with van der Waals surface area (Å²) in [7, 11) is 0. The van der Waals surface area contributed by atoms with Gasteiger partial charge in [0.1, 0.15) is 17.5 Å². The maximum absolute atomic E-state index is 12.6. The molecule has 23 heavy (non-hydrogen) atoms. The third-order valence-electron chi connectivity index (χ3n) is 3.42. The van der Waals surface area contributed by atoms with Gasteiger partial charge in [-0.25, -0.2) is 14.2 Å². The van der Waals surface area contributed by atoms with Gasteiger partial charge in [-0.15, -0.1) is 0 Å². The van der Waals surface area contributed by atoms with Gasteiger partial charge >= 0.3 is 5.97 Å². The van der Waals surface area contributed by atoms with Gasteiger partial charge in [0, 0.05) is 22.5 Å². The number of halogens is 1. The molecule has 122 valence electrons. The van der Waals surface area contributed by atoms with E-state index >= 15 is 0 Å². The smallest absolute Gasteiger partial charge is 0.327 e. The third kappa shape index (κ3) is 3.53. The lowest BCUT2D eigenvalue weighted by Crippen LogP contribution is -2.40. The Morgan fingerprint density at radius 1 is 1.26 bits per heavy atom. The number of pyridine rings is 1. The van der Waals surface area contributed by atoms with Crippen LogP contribution in [0.3, 0.4) is 0 Å². The molecule has 1 aromatic heterocycles. The Morgan fingerprint density at radius 3 is 2.43 bits per heavy atom. The van der Waals surface area contributed by atoms with Gasteiger partial charge in [0.2, 0.25) is 0 Å². The number of rotatable bonds is 5. The van der Waals surface area contributed by atoms with Crippen molar-refractivity contribution in [2.24, 2.45) is 5.92 Å². The van der Waals surface area contributed by atoms with E-state index in [0.717, 1.165) is 6.20 Å². The van der Waals surface area contributed by atoms with Crippen molar-refractivity contribution in [1.82, 2.24) is 9.40 Å². The van der Waals surface area contributed by atoms with Gasteiger partial charge in [-0.05, 0) is 12.3 Å². The molecule has 6 nitrogen and oxygen atoms in total. The molecule has 2 N–H and O–H groups in total. The van der Waals surface area contributed by atoms with Crippen molar-refractivity contribution in [3.63, 3.8) is 0 Å². The quantitative estimate of drug-likeness (QED) is 0.819. The maximum atomic E-state index is 12.6. The van der Waals surface area contributed by atoms with Crippen molar-refractivity contribution in [3.05, 3.63) is 36.2 Å². The molecule has 0 spiro atoms. The van der Waals surface area contributed by atoms with Crippen molar-refractivity contribution < 1.29 is 19.8 Å². The van der Waals surface area contributed by atoms with E-state index in [9.17, 15) is 19.8 Å². The molecule has 0 aliphatic heterocycles. The fraction of sp³-hybridized carbons (Fsp3) is 0.312. The van der Waals surface area contributed by atoms with Crippen LogP contribution in [-0.2, 0) is 4.79 Å². The van der Waals surface area contributed by atoms with E-state index in [0.29, 0.717) is 15.2 Å². The Bertz CT molecular complexity index is 748. The average Bonchev–Trinajstić information content (AvgIpc) is 2.51. The van der Waals surface area contributed by atoms with Crippen LogP contribution in [0.4, 0.5) is 0 Å². The summed E-state index contributed by atoms with van der Waals surface area (Å²) in [4.78, 5) is 27.9. The summed E-state index contributed by atoms with van der Waals surface area (Å²) in [5.74, 6) is -1.90. The summed E-state index contributed by atoms with van der Waals surface area (Å²) in [6.07, 6.45) is 1.37. The zero-order chi connectivity index (χ0) is 17.1. The van der Waals surface area contributed by atoms with Crippen molar-refractivity contribution in [3.8, 4) is 5.75 Å². The molecule has 0 bridgehead atoms. The predicted octanol–water partition coefficient (Wildman–Crippen LogP) is 3.04. The highest BCUT2D eigenvalue weighted by molar-refractivity contribution is 6.26. The molecule has 0 aliphatic carbocycles. The summed E-state index contributed by atoms with van der Waals surface area (Å²) < 4.78 is 0.675. The second kappa shape index (κ2) is 6.83. The number of carbonyl (C=O) groups excluding carboxylic acids is 1. The van der Waals surface area contributed by atoms with Crippen molar-refractivity contribution in [1.29, 1.82) is 0 Å². The fourth-order valence-corrected chi connectivity index (χ4v) is 2.57. The molecular formula is C16H17ClN2O4. The van der Waals surface area contributed by atoms with E-state index in [-0.39, 0.29) is 23.8 Å². The largest absolute Gasteiger partial charge is 0.506 e. The molecule has 0 radical (unpaired) electrons. The van der Waals surface area contributed by atoms with Crippen molar-refractivity contribution >= 4 is 34.4 Å². The first-order chi connectivity index (χ1) is 10.8. The lowest BCUT2D eigenvalue weighted by atomic mass is 10.0. The number of benzene rings is 1. The minimum Gasteiger partial charge on any atom is -0.506 e. The topological polar surface area (TPSA) is 90.7 Å². The first-order valence-corrected chi connectivity index (χ1v) is 7.45. The normalized spacial score (nSPS) is 12.3. The number of nitrogens with zero attached hydrogens (tertiary/aromatic N) is 2. The number of carboxylic acid groups (broad SMARTS) is 1. The number of carboxylic acids is 1. The molecule has 0 unspecified atom stereocenters. The van der Waals surface area contributed by atoms with Crippen LogP contribution in [0.5, 0.6) is 5.75 Å². The van der Waals surface area contributed by atoms with E-state index in [1.807, 2.05) is 13.8 Å². The number of hydrogen-bond acceptors (Lipinski definition) is 4. The van der Waals surface area contributed by atoms with Gasteiger partial charge in [0.15, 0.2) is 0 Å². The Labute approximate surface area is 138 Å². The van der Waals surface area contributed by atoms with Crippen molar-refractivity contribution in [2.45, 2.75) is 26.3 Å². The maximum Gasteiger partial charge on any atom is 0.327 e. The number of amides is 1. The molecule has 1 amide bonds. The molecule has 0 saturated heterocycles. The zero-order valence-corrected chi connectivity index (χ0v) is 13.5. The Kier molecular flexibility index (Phi) is 5.05. The summed E-state index contributed by atoms with van der Waals surface area (Å²) >= 11 is 6.01. The Hall–Kier alpha value is -2.34. The van der Waals surface area contributed by atoms with Crippen LogP contribution >= 0.6 is 11.8 Å². The van der Waals surface area contributed by atoms with Crippen LogP contribution in [0.2, 0.25) is 0 Å². The van der Waals surface area contributed by atoms with Crippen LogP contribution in [0, 0.1) is 5.92 Å². The number of fused-ring (bicyclic) bond motifs is 1. The first kappa shape index (κ1) is 17.0. The molecule has 1 atom stereocenters. The number of carbonyl (C=O) groups is 2. The standard InChI is InChI=1S/C16H17ClN2O4/c1-9(2)7-12(16(22)23)19(17)15(21)14-11-6-4-3-5-10(11)13(20)8-18-14/h3-6,8-9,12,20H,7H2,1-2H3,(H,22,23)/t12-/m0/s1. The van der Waals surface area contributed by atoms with E-state index in [1.54, 1.807) is 24.3 Å². The third-order valence-corrected chi connectivity index (χ3v) is 3.81. The SMILES string of the molecule is CC(C)C[C@@H](C(=O)O)N(Cl)C(=O)c1ncc(O)c2ccccc12. The van der Waals surface area contributed by atoms with Crippen LogP contribution in [0.1, 0.15) is 30.8 Å². The lowest BCUT2D eigenvalue weighted by Gasteiger charge is -2.23. The molecule has 0 saturated carbocycles. The number of hydrogen-bond donors (Lipinski definition) is 2. The van der Waals surface area contributed by atoms with E-state index in [1.165, 1.54) is 0 Å². The molecule has 2 aromatic rings. The van der Waals surface area contributed by atoms with Gasteiger partial charge in [0.25, 0.3) is 5.91 Å². The highest BCUT2D eigenvalue weighted by Crippen LogP contribution is 2.27. The van der Waals surface area contributed by atoms with Crippen LogP contribution in [-0.4, -0.2) is 37.5 Å². The average molecular weight is 337 g/mol. The van der Waals surface area contributed by atoms with Gasteiger partial charge < -0.3 is 10.2 Å².